The molecule has 1 N–H and O–H groups in total. The van der Waals surface area contributed by atoms with Gasteiger partial charge in [-0.25, -0.2) is 13.2 Å². The number of rotatable bonds is 5. The van der Waals surface area contributed by atoms with Crippen molar-refractivity contribution in [2.75, 3.05) is 32.8 Å². The fourth-order valence-corrected chi connectivity index (χ4v) is 4.21. The van der Waals surface area contributed by atoms with Crippen molar-refractivity contribution in [2.24, 2.45) is 0 Å². The van der Waals surface area contributed by atoms with Gasteiger partial charge in [0.05, 0.1) is 6.61 Å². The molecule has 1 aliphatic heterocycles. The summed E-state index contributed by atoms with van der Waals surface area (Å²) in [6.45, 7) is 3.51. The fraction of sp³-hybridized carbons (Fsp3) is 0.600. The average molecular weight is 387 g/mol. The van der Waals surface area contributed by atoms with Crippen molar-refractivity contribution in [3.05, 3.63) is 17.9 Å². The first-order chi connectivity index (χ1) is 11.9. The molecule has 0 atom stereocenters. The summed E-state index contributed by atoms with van der Waals surface area (Å²) in [7, 11) is -3.78. The number of carbonyl (C=O) groups is 1. The predicted molar refractivity (Wildman–Crippen MR) is 93.8 cm³/mol. The Morgan fingerprint density at radius 2 is 2.00 bits per heavy atom. The van der Waals surface area contributed by atoms with E-state index in [1.165, 1.54) is 16.4 Å². The van der Waals surface area contributed by atoms with Crippen molar-refractivity contribution < 1.29 is 22.4 Å². The molecule has 10 heteroatoms. The van der Waals surface area contributed by atoms with Crippen LogP contribution in [0.15, 0.2) is 21.6 Å². The number of thiocarbonyl (C=S) groups is 1. The van der Waals surface area contributed by atoms with Gasteiger partial charge in [-0.2, -0.15) is 4.31 Å². The number of nitrogens with one attached hydrogen (secondary N) is 1. The van der Waals surface area contributed by atoms with Crippen LogP contribution in [0.4, 0.5) is 0 Å². The standard InChI is InChI=1S/C15H21N3O5S2/c1-2-22-14(19)12-5-6-13(23-12)25(20,21)18-9-7-17(8-10-18)15(24)16-11-3-4-11/h5-6,11H,2-4,7-10H2,1H3,(H,16,24). The normalized spacial score (nSPS) is 18.8. The molecule has 2 fully saturated rings. The summed E-state index contributed by atoms with van der Waals surface area (Å²) in [5.74, 6) is -0.792. The maximum absolute atomic E-state index is 12.7. The van der Waals surface area contributed by atoms with E-state index in [-0.39, 0.29) is 17.5 Å². The highest BCUT2D eigenvalue weighted by atomic mass is 32.2. The minimum absolute atomic E-state index is 0.117. The van der Waals surface area contributed by atoms with E-state index in [2.05, 4.69) is 5.32 Å². The van der Waals surface area contributed by atoms with Gasteiger partial charge in [0.1, 0.15) is 0 Å². The molecule has 0 aromatic carbocycles. The minimum atomic E-state index is -3.78. The second kappa shape index (κ2) is 7.30. The molecule has 1 aromatic heterocycles. The lowest BCUT2D eigenvalue weighted by atomic mass is 10.4. The molecule has 8 nitrogen and oxygen atoms in total. The van der Waals surface area contributed by atoms with Crippen molar-refractivity contribution in [1.29, 1.82) is 0 Å². The minimum Gasteiger partial charge on any atom is -0.460 e. The van der Waals surface area contributed by atoms with Crippen LogP contribution in [0.1, 0.15) is 30.3 Å². The van der Waals surface area contributed by atoms with Crippen LogP contribution in [0.2, 0.25) is 0 Å². The molecule has 1 saturated heterocycles. The van der Waals surface area contributed by atoms with Crippen molar-refractivity contribution in [1.82, 2.24) is 14.5 Å². The maximum Gasteiger partial charge on any atom is 0.374 e. The molecule has 0 amide bonds. The van der Waals surface area contributed by atoms with Crippen LogP contribution in [0.25, 0.3) is 0 Å². The van der Waals surface area contributed by atoms with Gasteiger partial charge < -0.3 is 19.4 Å². The molecule has 1 aromatic rings. The van der Waals surface area contributed by atoms with Gasteiger partial charge in [-0.05, 0) is 44.1 Å². The zero-order chi connectivity index (χ0) is 18.0. The number of esters is 1. The Kier molecular flexibility index (Phi) is 5.30. The lowest BCUT2D eigenvalue weighted by molar-refractivity contribution is 0.0483. The first kappa shape index (κ1) is 18.2. The molecule has 1 saturated carbocycles. The van der Waals surface area contributed by atoms with Crippen LogP contribution in [0.3, 0.4) is 0 Å². The Hall–Kier alpha value is -1.65. The van der Waals surface area contributed by atoms with E-state index in [9.17, 15) is 13.2 Å². The molecule has 3 rings (SSSR count). The molecule has 0 bridgehead atoms. The zero-order valence-corrected chi connectivity index (χ0v) is 15.6. The van der Waals surface area contributed by atoms with E-state index in [1.807, 2.05) is 4.90 Å². The quantitative estimate of drug-likeness (QED) is 0.586. The zero-order valence-electron chi connectivity index (χ0n) is 13.9. The second-order valence-corrected chi connectivity index (χ2v) is 8.21. The first-order valence-electron chi connectivity index (χ1n) is 8.24. The number of carbonyl (C=O) groups excluding carboxylic acids is 1. The van der Waals surface area contributed by atoms with Gasteiger partial charge in [-0.1, -0.05) is 0 Å². The summed E-state index contributed by atoms with van der Waals surface area (Å²) in [6.07, 6.45) is 2.27. The summed E-state index contributed by atoms with van der Waals surface area (Å²) >= 11 is 5.35. The van der Waals surface area contributed by atoms with E-state index in [1.54, 1.807) is 6.92 Å². The van der Waals surface area contributed by atoms with Crippen LogP contribution < -0.4 is 5.32 Å². The highest BCUT2D eigenvalue weighted by Crippen LogP contribution is 2.22. The molecular weight excluding hydrogens is 366 g/mol. The van der Waals surface area contributed by atoms with Crippen molar-refractivity contribution in [2.45, 2.75) is 30.9 Å². The average Bonchev–Trinajstić information content (AvgIpc) is 3.26. The fourth-order valence-electron chi connectivity index (χ4n) is 2.52. The number of furan rings is 1. The predicted octanol–water partition coefficient (Wildman–Crippen LogP) is 0.799. The largest absolute Gasteiger partial charge is 0.460 e. The SMILES string of the molecule is CCOC(=O)c1ccc(S(=O)(=O)N2CCN(C(=S)NC3CC3)CC2)o1. The Balaban J connectivity index is 1.61. The lowest BCUT2D eigenvalue weighted by Crippen LogP contribution is -2.53. The Labute approximate surface area is 152 Å². The summed E-state index contributed by atoms with van der Waals surface area (Å²) in [5.41, 5.74) is 0. The van der Waals surface area contributed by atoms with Gasteiger partial charge in [-0.15, -0.1) is 0 Å². The molecule has 138 valence electrons. The van der Waals surface area contributed by atoms with Crippen LogP contribution >= 0.6 is 12.2 Å². The molecule has 0 radical (unpaired) electrons. The van der Waals surface area contributed by atoms with Gasteiger partial charge in [0, 0.05) is 32.2 Å². The van der Waals surface area contributed by atoms with Crippen LogP contribution in [0.5, 0.6) is 0 Å². The van der Waals surface area contributed by atoms with Gasteiger partial charge in [0.15, 0.2) is 5.11 Å². The summed E-state index contributed by atoms with van der Waals surface area (Å²) in [4.78, 5) is 13.6. The molecular formula is C15H21N3O5S2. The maximum atomic E-state index is 12.7. The Morgan fingerprint density at radius 1 is 1.32 bits per heavy atom. The highest BCUT2D eigenvalue weighted by molar-refractivity contribution is 7.89. The van der Waals surface area contributed by atoms with E-state index >= 15 is 0 Å². The molecule has 2 heterocycles. The van der Waals surface area contributed by atoms with E-state index in [0.717, 1.165) is 12.8 Å². The van der Waals surface area contributed by atoms with Gasteiger partial charge in [-0.3, -0.25) is 0 Å². The van der Waals surface area contributed by atoms with Crippen molar-refractivity contribution in [3.8, 4) is 0 Å². The van der Waals surface area contributed by atoms with E-state index in [4.69, 9.17) is 21.4 Å². The smallest absolute Gasteiger partial charge is 0.374 e. The summed E-state index contributed by atoms with van der Waals surface area (Å²) in [6, 6.07) is 3.07. The van der Waals surface area contributed by atoms with Gasteiger partial charge >= 0.3 is 5.97 Å². The Bertz CT molecular complexity index is 749. The van der Waals surface area contributed by atoms with Gasteiger partial charge in [0.25, 0.3) is 10.0 Å². The molecule has 0 unspecified atom stereocenters. The summed E-state index contributed by atoms with van der Waals surface area (Å²) < 4.78 is 36.7. The molecule has 25 heavy (non-hydrogen) atoms. The molecule has 2 aliphatic rings. The Morgan fingerprint density at radius 3 is 2.60 bits per heavy atom. The number of hydrogen-bond donors (Lipinski definition) is 1. The number of sulfonamides is 1. The highest BCUT2D eigenvalue weighted by Gasteiger charge is 2.33. The van der Waals surface area contributed by atoms with Crippen LogP contribution in [-0.2, 0) is 14.8 Å². The van der Waals surface area contributed by atoms with E-state index < -0.39 is 16.0 Å². The second-order valence-electron chi connectivity index (χ2n) is 5.95. The van der Waals surface area contributed by atoms with Crippen molar-refractivity contribution in [3.63, 3.8) is 0 Å². The van der Waals surface area contributed by atoms with Crippen LogP contribution in [-0.4, -0.2) is 67.5 Å². The first-order valence-corrected chi connectivity index (χ1v) is 10.1. The van der Waals surface area contributed by atoms with Crippen LogP contribution in [0, 0.1) is 0 Å². The monoisotopic (exact) mass is 387 g/mol. The number of ether oxygens (including phenoxy) is 1. The molecule has 0 spiro atoms. The number of nitrogens with zero attached hydrogens (tertiary/aromatic N) is 2. The lowest BCUT2D eigenvalue weighted by Gasteiger charge is -2.35. The topological polar surface area (TPSA) is 92.1 Å². The van der Waals surface area contributed by atoms with Crippen molar-refractivity contribution >= 4 is 33.3 Å². The number of piperazine rings is 1. The van der Waals surface area contributed by atoms with Gasteiger partial charge in [0.2, 0.25) is 10.9 Å². The van der Waals surface area contributed by atoms with E-state index in [0.29, 0.717) is 37.3 Å². The summed E-state index contributed by atoms with van der Waals surface area (Å²) in [5, 5.41) is 3.69. The molecule has 1 aliphatic carbocycles. The number of hydrogen-bond acceptors (Lipinski definition) is 6. The third-order valence-electron chi connectivity index (χ3n) is 4.08. The third-order valence-corrected chi connectivity index (χ3v) is 6.23. The third kappa shape index (κ3) is 4.13.